The number of nitrogens with one attached hydrogen (secondary N) is 1. The van der Waals surface area contributed by atoms with Gasteiger partial charge in [0.25, 0.3) is 5.91 Å². The van der Waals surface area contributed by atoms with E-state index in [1.54, 1.807) is 0 Å². The lowest BCUT2D eigenvalue weighted by atomic mass is 10.1. The van der Waals surface area contributed by atoms with Gasteiger partial charge in [-0.1, -0.05) is 48.5 Å². The van der Waals surface area contributed by atoms with Crippen molar-refractivity contribution in [2.75, 3.05) is 6.61 Å². The number of benzene rings is 3. The summed E-state index contributed by atoms with van der Waals surface area (Å²) in [5, 5.41) is 3.40. The van der Waals surface area contributed by atoms with Gasteiger partial charge in [0.15, 0.2) is 16.7 Å². The molecule has 1 fully saturated rings. The first-order valence-electron chi connectivity index (χ1n) is 10.6. The average Bonchev–Trinajstić information content (AvgIpc) is 3.18. The van der Waals surface area contributed by atoms with Crippen molar-refractivity contribution in [2.45, 2.75) is 20.5 Å². The van der Waals surface area contributed by atoms with Crippen LogP contribution in [0, 0.1) is 6.92 Å². The Labute approximate surface area is 219 Å². The molecular weight excluding hydrogens is 580 g/mol. The molecule has 0 radical (unpaired) electrons. The molecule has 0 aromatic heterocycles. The highest BCUT2D eigenvalue weighted by Crippen LogP contribution is 2.44. The van der Waals surface area contributed by atoms with Gasteiger partial charge in [0, 0.05) is 4.47 Å². The number of para-hydroxylation sites is 1. The number of aryl methyl sites for hydroxylation is 1. The van der Waals surface area contributed by atoms with Crippen molar-refractivity contribution in [1.29, 1.82) is 0 Å². The van der Waals surface area contributed by atoms with Gasteiger partial charge in [-0.25, -0.2) is 4.99 Å². The molecule has 1 aliphatic heterocycles. The first-order chi connectivity index (χ1) is 16.5. The molecule has 1 N–H and O–H groups in total. The Hall–Kier alpha value is -2.55. The van der Waals surface area contributed by atoms with Crippen LogP contribution in [0.3, 0.4) is 0 Å². The van der Waals surface area contributed by atoms with Gasteiger partial charge in [0.05, 0.1) is 21.7 Å². The van der Waals surface area contributed by atoms with Crippen molar-refractivity contribution < 1.29 is 14.3 Å². The molecule has 1 amide bonds. The highest BCUT2D eigenvalue weighted by molar-refractivity contribution is 9.13. The number of nitrogens with zero attached hydrogens (tertiary/aromatic N) is 1. The lowest BCUT2D eigenvalue weighted by molar-refractivity contribution is -0.115. The summed E-state index contributed by atoms with van der Waals surface area (Å²) in [5.41, 5.74) is 3.71. The largest absolute Gasteiger partial charge is 0.490 e. The van der Waals surface area contributed by atoms with E-state index in [0.29, 0.717) is 34.8 Å². The number of aliphatic imine (C=N–C) groups is 1. The monoisotopic (exact) mass is 600 g/mol. The van der Waals surface area contributed by atoms with Gasteiger partial charge in [-0.15, -0.1) is 0 Å². The molecule has 8 heteroatoms. The summed E-state index contributed by atoms with van der Waals surface area (Å²) in [5.74, 6) is 1.00. The van der Waals surface area contributed by atoms with Crippen molar-refractivity contribution in [3.05, 3.63) is 91.2 Å². The van der Waals surface area contributed by atoms with E-state index in [-0.39, 0.29) is 5.91 Å². The number of hydrogen-bond donors (Lipinski definition) is 1. The minimum Gasteiger partial charge on any atom is -0.490 e. The molecule has 0 atom stereocenters. The van der Waals surface area contributed by atoms with Crippen LogP contribution in [0.1, 0.15) is 23.6 Å². The summed E-state index contributed by atoms with van der Waals surface area (Å²) in [6.45, 7) is 4.80. The molecule has 1 saturated heterocycles. The van der Waals surface area contributed by atoms with Crippen LogP contribution < -0.4 is 14.8 Å². The second kappa shape index (κ2) is 11.3. The normalized spacial score (nSPS) is 15.6. The Morgan fingerprint density at radius 3 is 2.50 bits per heavy atom. The molecule has 3 aromatic carbocycles. The van der Waals surface area contributed by atoms with Crippen LogP contribution in [-0.2, 0) is 11.4 Å². The molecule has 0 unspecified atom stereocenters. The fraction of sp³-hybridized carbons (Fsp3) is 0.154. The van der Waals surface area contributed by atoms with E-state index in [4.69, 9.17) is 9.47 Å². The maximum absolute atomic E-state index is 12.6. The third-order valence-electron chi connectivity index (χ3n) is 4.96. The molecule has 0 bridgehead atoms. The van der Waals surface area contributed by atoms with Gasteiger partial charge in [0.2, 0.25) is 0 Å². The van der Waals surface area contributed by atoms with Crippen LogP contribution in [0.15, 0.2) is 79.5 Å². The average molecular weight is 602 g/mol. The minimum absolute atomic E-state index is 0.192. The zero-order valence-electron chi connectivity index (χ0n) is 18.6. The van der Waals surface area contributed by atoms with Crippen LogP contribution >= 0.6 is 43.6 Å². The zero-order chi connectivity index (χ0) is 24.1. The summed E-state index contributed by atoms with van der Waals surface area (Å²) >= 11 is 8.60. The van der Waals surface area contributed by atoms with Crippen LogP contribution in [0.2, 0.25) is 0 Å². The van der Waals surface area contributed by atoms with Gasteiger partial charge in [-0.3, -0.25) is 4.79 Å². The second-order valence-corrected chi connectivity index (χ2v) is 10.0. The van der Waals surface area contributed by atoms with Gasteiger partial charge in [-0.2, -0.15) is 0 Å². The van der Waals surface area contributed by atoms with Crippen LogP contribution in [0.4, 0.5) is 5.69 Å². The number of rotatable bonds is 7. The van der Waals surface area contributed by atoms with Crippen molar-refractivity contribution >= 4 is 66.5 Å². The highest BCUT2D eigenvalue weighted by Gasteiger charge is 2.25. The molecule has 34 heavy (non-hydrogen) atoms. The fourth-order valence-corrected chi connectivity index (χ4v) is 5.03. The fourth-order valence-electron chi connectivity index (χ4n) is 3.26. The lowest BCUT2D eigenvalue weighted by Crippen LogP contribution is -2.19. The predicted octanol–water partition coefficient (Wildman–Crippen LogP) is 7.39. The first kappa shape index (κ1) is 24.6. The molecule has 1 aliphatic rings. The Morgan fingerprint density at radius 2 is 1.76 bits per heavy atom. The molecule has 0 spiro atoms. The van der Waals surface area contributed by atoms with Crippen molar-refractivity contribution in [1.82, 2.24) is 5.32 Å². The smallest absolute Gasteiger partial charge is 0.264 e. The van der Waals surface area contributed by atoms with Crippen LogP contribution in [-0.4, -0.2) is 17.7 Å². The predicted molar refractivity (Wildman–Crippen MR) is 146 cm³/mol. The Morgan fingerprint density at radius 1 is 1.03 bits per heavy atom. The van der Waals surface area contributed by atoms with E-state index in [0.717, 1.165) is 31.3 Å². The number of ether oxygens (including phenoxy) is 2. The minimum atomic E-state index is -0.192. The molecule has 0 aliphatic carbocycles. The lowest BCUT2D eigenvalue weighted by Gasteiger charge is -2.16. The van der Waals surface area contributed by atoms with Crippen LogP contribution in [0.25, 0.3) is 6.08 Å². The van der Waals surface area contributed by atoms with E-state index < -0.39 is 0 Å². The van der Waals surface area contributed by atoms with E-state index in [1.807, 2.05) is 80.6 Å². The van der Waals surface area contributed by atoms with Gasteiger partial charge >= 0.3 is 0 Å². The number of carbonyl (C=O) groups excluding carboxylic acids is 1. The number of carbonyl (C=O) groups is 1. The van der Waals surface area contributed by atoms with Crippen molar-refractivity contribution in [2.24, 2.45) is 4.99 Å². The standard InChI is InChI=1S/C26H22Br2N2O3S/c1-3-32-20-13-18(22(27)23(28)24(20)33-15-17-10-5-4-6-11-17)14-21-25(31)30-26(34-21)29-19-12-8-7-9-16(19)2/h4-14H,3,15H2,1-2H3,(H,29,30,31). The first-order valence-corrected chi connectivity index (χ1v) is 13.0. The zero-order valence-corrected chi connectivity index (χ0v) is 22.6. The maximum Gasteiger partial charge on any atom is 0.264 e. The molecular formula is C26H22Br2N2O3S. The maximum atomic E-state index is 12.6. The highest BCUT2D eigenvalue weighted by atomic mass is 79.9. The number of halogens is 2. The Bertz CT molecular complexity index is 1280. The third-order valence-corrected chi connectivity index (χ3v) is 8.01. The van der Waals surface area contributed by atoms with Crippen LogP contribution in [0.5, 0.6) is 11.5 Å². The number of hydrogen-bond acceptors (Lipinski definition) is 5. The number of amidine groups is 1. The van der Waals surface area contributed by atoms with E-state index in [2.05, 4.69) is 42.2 Å². The number of amides is 1. The topological polar surface area (TPSA) is 59.9 Å². The Kier molecular flexibility index (Phi) is 8.13. The molecule has 5 nitrogen and oxygen atoms in total. The summed E-state index contributed by atoms with van der Waals surface area (Å²) < 4.78 is 13.5. The summed E-state index contributed by atoms with van der Waals surface area (Å²) in [6.07, 6.45) is 1.82. The second-order valence-electron chi connectivity index (χ2n) is 7.40. The molecule has 0 saturated carbocycles. The van der Waals surface area contributed by atoms with E-state index in [9.17, 15) is 4.79 Å². The quantitative estimate of drug-likeness (QED) is 0.287. The Balaban J connectivity index is 1.62. The summed E-state index contributed by atoms with van der Waals surface area (Å²) in [6, 6.07) is 19.6. The van der Waals surface area contributed by atoms with E-state index in [1.165, 1.54) is 11.8 Å². The molecule has 1 heterocycles. The van der Waals surface area contributed by atoms with Crippen molar-refractivity contribution in [3.8, 4) is 11.5 Å². The van der Waals surface area contributed by atoms with Gasteiger partial charge in [-0.05, 0) is 92.4 Å². The van der Waals surface area contributed by atoms with Crippen molar-refractivity contribution in [3.63, 3.8) is 0 Å². The summed E-state index contributed by atoms with van der Waals surface area (Å²) in [4.78, 5) is 17.8. The molecule has 174 valence electrons. The van der Waals surface area contributed by atoms with Gasteiger partial charge in [0.1, 0.15) is 6.61 Å². The van der Waals surface area contributed by atoms with Gasteiger partial charge < -0.3 is 14.8 Å². The SMILES string of the molecule is CCOc1cc(C=C2SC(=Nc3ccccc3C)NC2=O)c(Br)c(Br)c1OCc1ccccc1. The third kappa shape index (κ3) is 5.74. The molecule has 4 rings (SSSR count). The summed E-state index contributed by atoms with van der Waals surface area (Å²) in [7, 11) is 0. The molecule has 3 aromatic rings. The van der Waals surface area contributed by atoms with E-state index >= 15 is 0 Å². The number of thioether (sulfide) groups is 1.